The van der Waals surface area contributed by atoms with E-state index in [0.717, 1.165) is 17.9 Å². The van der Waals surface area contributed by atoms with Crippen LogP contribution in [0.25, 0.3) is 0 Å². The zero-order valence-corrected chi connectivity index (χ0v) is 16.7. The lowest BCUT2D eigenvalue weighted by Crippen LogP contribution is -2.44. The van der Waals surface area contributed by atoms with Crippen LogP contribution in [0.2, 0.25) is 18.1 Å². The van der Waals surface area contributed by atoms with Gasteiger partial charge in [-0.05, 0) is 47.0 Å². The van der Waals surface area contributed by atoms with Gasteiger partial charge in [-0.15, -0.1) is 0 Å². The van der Waals surface area contributed by atoms with E-state index in [1.54, 1.807) is 7.11 Å². The summed E-state index contributed by atoms with van der Waals surface area (Å²) in [5, 5.41) is 0.205. The molecule has 0 atom stereocenters. The molecule has 0 saturated heterocycles. The Labute approximate surface area is 138 Å². The van der Waals surface area contributed by atoms with Gasteiger partial charge >= 0.3 is 0 Å². The largest absolute Gasteiger partial charge is 0.543 e. The Bertz CT molecular complexity index is 439. The van der Waals surface area contributed by atoms with Crippen LogP contribution < -0.4 is 9.16 Å². The molecule has 114 valence electrons. The number of methoxy groups -OCH3 is 1. The highest BCUT2D eigenvalue weighted by Gasteiger charge is 2.39. The molecule has 0 unspecified atom stereocenters. The van der Waals surface area contributed by atoms with E-state index in [1.807, 2.05) is 12.1 Å². The maximum Gasteiger partial charge on any atom is 0.250 e. The Morgan fingerprint density at radius 3 is 2.35 bits per heavy atom. The zero-order chi connectivity index (χ0) is 15.4. The predicted molar refractivity (Wildman–Crippen MR) is 98.0 cm³/mol. The highest BCUT2D eigenvalue weighted by molar-refractivity contribution is 14.1. The van der Waals surface area contributed by atoms with Gasteiger partial charge in [0.25, 0.3) is 0 Å². The van der Waals surface area contributed by atoms with Gasteiger partial charge in [-0.1, -0.05) is 49.4 Å². The van der Waals surface area contributed by atoms with Gasteiger partial charge in [0, 0.05) is 6.07 Å². The molecular formula is C16H27IO2Si. The number of alkyl halides is 1. The monoisotopic (exact) mass is 406 g/mol. The molecular weight excluding hydrogens is 379 g/mol. The third-order valence-electron chi connectivity index (χ3n) is 4.03. The average Bonchev–Trinajstić information content (AvgIpc) is 2.35. The molecule has 1 aromatic carbocycles. The van der Waals surface area contributed by atoms with Crippen LogP contribution in [0.5, 0.6) is 11.5 Å². The first-order valence-electron chi connectivity index (χ1n) is 7.13. The lowest BCUT2D eigenvalue weighted by molar-refractivity contribution is 0.410. The average molecular weight is 406 g/mol. The fourth-order valence-electron chi connectivity index (χ4n) is 1.65. The van der Waals surface area contributed by atoms with E-state index in [0.29, 0.717) is 0 Å². The van der Waals surface area contributed by atoms with Crippen molar-refractivity contribution >= 4 is 30.9 Å². The van der Waals surface area contributed by atoms with Crippen molar-refractivity contribution in [2.75, 3.05) is 11.5 Å². The van der Waals surface area contributed by atoms with Crippen LogP contribution in [0.4, 0.5) is 0 Å². The standard InChI is InChI=1S/C16H27IO2Si/c1-16(2,3)20(5,6)19-15-12-14(18-4)10-9-13(15)8-7-11-17/h9-10,12H,7-8,11H2,1-6H3. The lowest BCUT2D eigenvalue weighted by Gasteiger charge is -2.37. The second-order valence-corrected chi connectivity index (χ2v) is 12.4. The molecule has 0 heterocycles. The van der Waals surface area contributed by atoms with Crippen molar-refractivity contribution in [1.82, 2.24) is 0 Å². The molecule has 0 bridgehead atoms. The van der Waals surface area contributed by atoms with Crippen LogP contribution in [0.1, 0.15) is 32.8 Å². The fraction of sp³-hybridized carbons (Fsp3) is 0.625. The summed E-state index contributed by atoms with van der Waals surface area (Å²) in [6.45, 7) is 11.4. The molecule has 0 saturated carbocycles. The van der Waals surface area contributed by atoms with Gasteiger partial charge in [0.05, 0.1) is 7.11 Å². The van der Waals surface area contributed by atoms with Gasteiger partial charge in [0.2, 0.25) is 8.32 Å². The van der Waals surface area contributed by atoms with Gasteiger partial charge in [-0.25, -0.2) is 0 Å². The van der Waals surface area contributed by atoms with Crippen LogP contribution in [0.15, 0.2) is 18.2 Å². The fourth-order valence-corrected chi connectivity index (χ4v) is 3.08. The molecule has 0 amide bonds. The van der Waals surface area contributed by atoms with E-state index in [-0.39, 0.29) is 5.04 Å². The minimum Gasteiger partial charge on any atom is -0.543 e. The Balaban J connectivity index is 3.07. The molecule has 0 aliphatic carbocycles. The highest BCUT2D eigenvalue weighted by Crippen LogP contribution is 2.39. The van der Waals surface area contributed by atoms with E-state index in [2.05, 4.69) is 62.5 Å². The van der Waals surface area contributed by atoms with Gasteiger partial charge in [-0.3, -0.25) is 0 Å². The van der Waals surface area contributed by atoms with Crippen molar-refractivity contribution in [2.24, 2.45) is 0 Å². The summed E-state index contributed by atoms with van der Waals surface area (Å²) in [4.78, 5) is 0. The minimum atomic E-state index is -1.81. The van der Waals surface area contributed by atoms with Crippen molar-refractivity contribution in [1.29, 1.82) is 0 Å². The maximum absolute atomic E-state index is 6.49. The van der Waals surface area contributed by atoms with Crippen molar-refractivity contribution < 1.29 is 9.16 Å². The molecule has 0 aliphatic heterocycles. The molecule has 0 fully saturated rings. The van der Waals surface area contributed by atoms with E-state index >= 15 is 0 Å². The lowest BCUT2D eigenvalue weighted by atomic mass is 10.1. The molecule has 0 radical (unpaired) electrons. The van der Waals surface area contributed by atoms with E-state index < -0.39 is 8.32 Å². The van der Waals surface area contributed by atoms with Crippen LogP contribution >= 0.6 is 22.6 Å². The van der Waals surface area contributed by atoms with Crippen molar-refractivity contribution in [3.05, 3.63) is 23.8 Å². The van der Waals surface area contributed by atoms with Crippen LogP contribution in [0, 0.1) is 0 Å². The number of rotatable bonds is 6. The third-order valence-corrected chi connectivity index (χ3v) is 9.13. The second-order valence-electron chi connectivity index (χ2n) is 6.63. The van der Waals surface area contributed by atoms with Crippen molar-refractivity contribution in [3.8, 4) is 11.5 Å². The second kappa shape index (κ2) is 7.16. The molecule has 4 heteroatoms. The first-order valence-corrected chi connectivity index (χ1v) is 11.6. The van der Waals surface area contributed by atoms with E-state index in [9.17, 15) is 0 Å². The van der Waals surface area contributed by atoms with Crippen molar-refractivity contribution in [3.63, 3.8) is 0 Å². The smallest absolute Gasteiger partial charge is 0.250 e. The minimum absolute atomic E-state index is 0.205. The molecule has 0 aliphatic rings. The van der Waals surface area contributed by atoms with Gasteiger partial charge in [-0.2, -0.15) is 0 Å². The summed E-state index contributed by atoms with van der Waals surface area (Å²) >= 11 is 2.42. The quantitative estimate of drug-likeness (QED) is 0.356. The normalized spacial score (nSPS) is 12.3. The van der Waals surface area contributed by atoms with Gasteiger partial charge in [0.1, 0.15) is 11.5 Å². The van der Waals surface area contributed by atoms with Crippen molar-refractivity contribution in [2.45, 2.75) is 51.7 Å². The number of halogens is 1. The zero-order valence-electron chi connectivity index (χ0n) is 13.5. The number of hydrogen-bond donors (Lipinski definition) is 0. The molecule has 20 heavy (non-hydrogen) atoms. The van der Waals surface area contributed by atoms with Crippen LogP contribution in [-0.2, 0) is 6.42 Å². The molecule has 2 nitrogen and oxygen atoms in total. The van der Waals surface area contributed by atoms with E-state index in [1.165, 1.54) is 16.4 Å². The molecule has 0 spiro atoms. The molecule has 0 N–H and O–H groups in total. The first kappa shape index (κ1) is 17.8. The summed E-state index contributed by atoms with van der Waals surface area (Å²) in [6, 6.07) is 6.22. The number of hydrogen-bond acceptors (Lipinski definition) is 2. The third kappa shape index (κ3) is 4.65. The summed E-state index contributed by atoms with van der Waals surface area (Å²) in [6.07, 6.45) is 2.25. The number of benzene rings is 1. The summed E-state index contributed by atoms with van der Waals surface area (Å²) in [5.41, 5.74) is 1.30. The Morgan fingerprint density at radius 2 is 1.85 bits per heavy atom. The van der Waals surface area contributed by atoms with Gasteiger partial charge in [0.15, 0.2) is 0 Å². The predicted octanol–water partition coefficient (Wildman–Crippen LogP) is 5.45. The summed E-state index contributed by atoms with van der Waals surface area (Å²) < 4.78 is 13.0. The SMILES string of the molecule is COc1ccc(CCCI)c(O[Si](C)(C)C(C)(C)C)c1. The van der Waals surface area contributed by atoms with Crippen LogP contribution in [0.3, 0.4) is 0 Å². The highest BCUT2D eigenvalue weighted by atomic mass is 127. The van der Waals surface area contributed by atoms with E-state index in [4.69, 9.17) is 9.16 Å². The number of aryl methyl sites for hydroxylation is 1. The molecule has 1 rings (SSSR count). The molecule has 0 aromatic heterocycles. The topological polar surface area (TPSA) is 18.5 Å². The first-order chi connectivity index (χ1) is 9.21. The number of ether oxygens (including phenoxy) is 1. The Hall–Kier alpha value is -0.233. The Kier molecular flexibility index (Phi) is 6.38. The molecule has 1 aromatic rings. The summed E-state index contributed by atoms with van der Waals surface area (Å²) in [7, 11) is -0.105. The van der Waals surface area contributed by atoms with Crippen LogP contribution in [-0.4, -0.2) is 19.9 Å². The summed E-state index contributed by atoms with van der Waals surface area (Å²) in [5.74, 6) is 1.89. The Morgan fingerprint density at radius 1 is 1.20 bits per heavy atom. The maximum atomic E-state index is 6.49. The van der Waals surface area contributed by atoms with Gasteiger partial charge < -0.3 is 9.16 Å².